The van der Waals surface area contributed by atoms with Crippen LogP contribution in [-0.2, 0) is 23.9 Å². The number of aliphatic hydroxyl groups excluding tert-OH is 1. The number of esters is 1. The summed E-state index contributed by atoms with van der Waals surface area (Å²) in [6, 6.07) is 20.9. The van der Waals surface area contributed by atoms with E-state index in [9.17, 15) is 14.7 Å². The number of amides is 2. The molecular weight excluding hydrogens is 636 g/mol. The SMILES string of the molecule is C=CCCCOC(=O)[C@H]1[C@@H]2OC3(CC2Br)C(C(=O)N(CC=C)c2ccc4ccccc4c2)N([C@H](CO)c2ccccc2)C(=O)[C@H]13. The molecule has 3 aliphatic rings. The molecule has 9 heteroatoms. The predicted octanol–water partition coefficient (Wildman–Crippen LogP) is 5.35. The Morgan fingerprint density at radius 3 is 2.53 bits per heavy atom. The van der Waals surface area contributed by atoms with E-state index in [1.54, 1.807) is 17.1 Å². The fourth-order valence-electron chi connectivity index (χ4n) is 7.42. The van der Waals surface area contributed by atoms with Gasteiger partial charge in [0, 0.05) is 17.1 Å². The Balaban J connectivity index is 1.45. The van der Waals surface area contributed by atoms with Crippen LogP contribution in [0.15, 0.2) is 98.1 Å². The highest BCUT2D eigenvalue weighted by Crippen LogP contribution is 2.61. The minimum Gasteiger partial charge on any atom is -0.465 e. The number of aliphatic hydroxyl groups is 1. The van der Waals surface area contributed by atoms with Gasteiger partial charge in [-0.15, -0.1) is 13.2 Å². The summed E-state index contributed by atoms with van der Waals surface area (Å²) in [7, 11) is 0. The second-order valence-electron chi connectivity index (χ2n) is 11.9. The maximum Gasteiger partial charge on any atom is 0.312 e. The fourth-order valence-corrected chi connectivity index (χ4v) is 8.36. The molecule has 6 rings (SSSR count). The molecule has 1 spiro atoms. The first kappa shape index (κ1) is 31.2. The highest BCUT2D eigenvalue weighted by molar-refractivity contribution is 9.09. The van der Waals surface area contributed by atoms with Crippen LogP contribution in [0.25, 0.3) is 10.8 Å². The fraction of sp³-hybridized carbons (Fsp3) is 0.361. The molecule has 2 bridgehead atoms. The molecule has 0 saturated carbocycles. The first-order chi connectivity index (χ1) is 21.9. The summed E-state index contributed by atoms with van der Waals surface area (Å²) in [4.78, 5) is 46.1. The van der Waals surface area contributed by atoms with Gasteiger partial charge in [-0.05, 0) is 47.7 Å². The molecule has 0 aliphatic carbocycles. The standard InChI is InChI=1S/C36H37BrN2O6/c1-3-5-11-19-44-35(43)29-30-33(41)39(28(22-40)24-13-7-6-8-14-24)32(36(30)21-27(37)31(29)45-36)34(42)38(18-4-2)26-17-16-23-12-9-10-15-25(23)20-26/h3-4,6-10,12-17,20,27-32,40H,1-2,5,11,18-19,21-22H2/t27?,28-,29-,30+,31-,32?,36?/m1/s1. The molecule has 2 amide bonds. The van der Waals surface area contributed by atoms with E-state index in [1.165, 1.54) is 4.90 Å². The molecule has 0 aromatic heterocycles. The lowest BCUT2D eigenvalue weighted by atomic mass is 9.70. The Kier molecular flexibility index (Phi) is 8.95. The summed E-state index contributed by atoms with van der Waals surface area (Å²) in [5, 5.41) is 12.8. The summed E-state index contributed by atoms with van der Waals surface area (Å²) >= 11 is 3.72. The zero-order chi connectivity index (χ0) is 31.7. The van der Waals surface area contributed by atoms with E-state index in [0.29, 0.717) is 30.5 Å². The Bertz CT molecular complexity index is 1610. The summed E-state index contributed by atoms with van der Waals surface area (Å²) < 4.78 is 12.3. The average Bonchev–Trinajstić information content (AvgIpc) is 3.65. The molecule has 3 aromatic rings. The topological polar surface area (TPSA) is 96.4 Å². The van der Waals surface area contributed by atoms with Gasteiger partial charge in [0.25, 0.3) is 5.91 Å². The van der Waals surface area contributed by atoms with Gasteiger partial charge in [-0.25, -0.2) is 0 Å². The number of halogens is 1. The van der Waals surface area contributed by atoms with Crippen LogP contribution in [0.5, 0.6) is 0 Å². The van der Waals surface area contributed by atoms with Crippen molar-refractivity contribution in [2.75, 3.05) is 24.7 Å². The molecule has 7 atom stereocenters. The van der Waals surface area contributed by atoms with Gasteiger partial charge in [-0.2, -0.15) is 0 Å². The number of hydrogen-bond acceptors (Lipinski definition) is 6. The normalized spacial score (nSPS) is 27.3. The third-order valence-corrected chi connectivity index (χ3v) is 10.2. The molecule has 0 radical (unpaired) electrons. The lowest BCUT2D eigenvalue weighted by molar-refractivity contribution is -0.155. The molecule has 3 heterocycles. The minimum atomic E-state index is -1.31. The number of ether oxygens (including phenoxy) is 2. The van der Waals surface area contributed by atoms with Crippen molar-refractivity contribution in [1.82, 2.24) is 4.90 Å². The average molecular weight is 674 g/mol. The van der Waals surface area contributed by atoms with Crippen LogP contribution in [0, 0.1) is 11.8 Å². The van der Waals surface area contributed by atoms with Crippen LogP contribution >= 0.6 is 15.9 Å². The number of carbonyl (C=O) groups is 3. The monoisotopic (exact) mass is 672 g/mol. The van der Waals surface area contributed by atoms with Crippen LogP contribution in [0.2, 0.25) is 0 Å². The zero-order valence-electron chi connectivity index (χ0n) is 25.0. The number of likely N-dealkylation sites (tertiary alicyclic amines) is 1. The van der Waals surface area contributed by atoms with E-state index < -0.39 is 54.1 Å². The first-order valence-electron chi connectivity index (χ1n) is 15.3. The quantitative estimate of drug-likeness (QED) is 0.121. The number of anilines is 1. The van der Waals surface area contributed by atoms with Gasteiger partial charge in [-0.1, -0.05) is 88.7 Å². The Morgan fingerprint density at radius 2 is 1.82 bits per heavy atom. The van der Waals surface area contributed by atoms with E-state index in [0.717, 1.165) is 10.8 Å². The summed E-state index contributed by atoms with van der Waals surface area (Å²) in [5.74, 6) is -3.13. The molecule has 234 valence electrons. The lowest BCUT2D eigenvalue weighted by Crippen LogP contribution is -2.57. The van der Waals surface area contributed by atoms with Crippen LogP contribution in [0.1, 0.15) is 30.9 Å². The predicted molar refractivity (Wildman–Crippen MR) is 176 cm³/mol. The smallest absolute Gasteiger partial charge is 0.312 e. The highest BCUT2D eigenvalue weighted by atomic mass is 79.9. The number of benzene rings is 3. The third-order valence-electron chi connectivity index (χ3n) is 9.35. The maximum atomic E-state index is 15.0. The first-order valence-corrected chi connectivity index (χ1v) is 16.3. The van der Waals surface area contributed by atoms with Crippen molar-refractivity contribution < 1.29 is 29.0 Å². The van der Waals surface area contributed by atoms with Gasteiger partial charge < -0.3 is 24.4 Å². The number of alkyl halides is 1. The highest BCUT2D eigenvalue weighted by Gasteiger charge is 2.77. The van der Waals surface area contributed by atoms with E-state index in [2.05, 4.69) is 29.1 Å². The van der Waals surface area contributed by atoms with Crippen molar-refractivity contribution in [2.45, 2.75) is 47.9 Å². The number of fused-ring (bicyclic) bond motifs is 2. The molecule has 45 heavy (non-hydrogen) atoms. The summed E-state index contributed by atoms with van der Waals surface area (Å²) in [6.45, 7) is 7.58. The Labute approximate surface area is 271 Å². The molecule has 3 unspecified atom stereocenters. The largest absolute Gasteiger partial charge is 0.465 e. The van der Waals surface area contributed by atoms with Gasteiger partial charge >= 0.3 is 5.97 Å². The molecule has 8 nitrogen and oxygen atoms in total. The van der Waals surface area contributed by atoms with Gasteiger partial charge in [0.2, 0.25) is 5.91 Å². The van der Waals surface area contributed by atoms with E-state index >= 15 is 4.79 Å². The van der Waals surface area contributed by atoms with Crippen molar-refractivity contribution in [1.29, 1.82) is 0 Å². The van der Waals surface area contributed by atoms with E-state index in [1.807, 2.05) is 72.8 Å². The van der Waals surface area contributed by atoms with Crippen molar-refractivity contribution >= 4 is 50.2 Å². The number of rotatable bonds is 12. The number of nitrogens with zero attached hydrogens (tertiary/aromatic N) is 2. The second kappa shape index (κ2) is 12.9. The number of unbranched alkanes of at least 4 members (excludes halogenated alkanes) is 1. The number of carbonyl (C=O) groups excluding carboxylic acids is 3. The van der Waals surface area contributed by atoms with E-state index in [4.69, 9.17) is 9.47 Å². The lowest BCUT2D eigenvalue weighted by Gasteiger charge is -2.39. The molecule has 1 N–H and O–H groups in total. The summed E-state index contributed by atoms with van der Waals surface area (Å²) in [6.07, 6.45) is 4.42. The van der Waals surface area contributed by atoms with Crippen molar-refractivity contribution in [3.05, 3.63) is 104 Å². The van der Waals surface area contributed by atoms with Crippen LogP contribution < -0.4 is 4.90 Å². The van der Waals surface area contributed by atoms with Crippen molar-refractivity contribution in [3.63, 3.8) is 0 Å². The van der Waals surface area contributed by atoms with E-state index in [-0.39, 0.29) is 23.9 Å². The van der Waals surface area contributed by atoms with Gasteiger partial charge in [-0.3, -0.25) is 14.4 Å². The zero-order valence-corrected chi connectivity index (χ0v) is 26.6. The Hall–Kier alpha value is -3.79. The molecule has 3 aromatic carbocycles. The molecule has 3 saturated heterocycles. The molecule has 3 aliphatic heterocycles. The van der Waals surface area contributed by atoms with Gasteiger partial charge in [0.05, 0.1) is 37.2 Å². The van der Waals surface area contributed by atoms with Gasteiger partial charge in [0.15, 0.2) is 0 Å². The van der Waals surface area contributed by atoms with Gasteiger partial charge in [0.1, 0.15) is 11.6 Å². The molecular formula is C36H37BrN2O6. The summed E-state index contributed by atoms with van der Waals surface area (Å²) in [5.41, 5.74) is 0.0141. The third kappa shape index (κ3) is 5.30. The number of allylic oxidation sites excluding steroid dienone is 1. The maximum absolute atomic E-state index is 15.0. The van der Waals surface area contributed by atoms with Crippen molar-refractivity contribution in [3.8, 4) is 0 Å². The van der Waals surface area contributed by atoms with Crippen molar-refractivity contribution in [2.24, 2.45) is 11.8 Å². The second-order valence-corrected chi connectivity index (χ2v) is 13.1. The van der Waals surface area contributed by atoms with Crippen LogP contribution in [0.4, 0.5) is 5.69 Å². The van der Waals surface area contributed by atoms with Crippen LogP contribution in [0.3, 0.4) is 0 Å². The molecule has 3 fully saturated rings. The number of hydrogen-bond donors (Lipinski definition) is 1. The Morgan fingerprint density at radius 1 is 1.09 bits per heavy atom. The van der Waals surface area contributed by atoms with Crippen LogP contribution in [-0.4, -0.2) is 70.1 Å². The minimum absolute atomic E-state index is 0.182.